The maximum absolute atomic E-state index is 11.3. The predicted octanol–water partition coefficient (Wildman–Crippen LogP) is 1.53. The second kappa shape index (κ2) is 4.73. The molecule has 1 heterocycles. The molecule has 4 heteroatoms. The molecule has 0 aromatic carbocycles. The molecule has 0 spiro atoms. The molecule has 68 valence electrons. The van der Waals surface area contributed by atoms with E-state index in [1.54, 1.807) is 19.2 Å². The zero-order valence-electron chi connectivity index (χ0n) is 7.15. The number of hydrogen-bond donors (Lipinski definition) is 2. The summed E-state index contributed by atoms with van der Waals surface area (Å²) in [6.07, 6.45) is 1.64. The molecule has 0 unspecified atom stereocenters. The van der Waals surface area contributed by atoms with Crippen LogP contribution in [0.15, 0.2) is 16.9 Å². The van der Waals surface area contributed by atoms with Gasteiger partial charge >= 0.3 is 0 Å². The van der Waals surface area contributed by atoms with Crippen LogP contribution < -0.4 is 5.32 Å². The van der Waals surface area contributed by atoms with Crippen molar-refractivity contribution in [3.63, 3.8) is 0 Å². The molecule has 1 rings (SSSR count). The summed E-state index contributed by atoms with van der Waals surface area (Å²) in [6.45, 7) is 2.12. The highest BCUT2D eigenvalue weighted by Gasteiger charge is 2.05. The highest BCUT2D eigenvalue weighted by atomic mass is 79.9. The van der Waals surface area contributed by atoms with Crippen LogP contribution in [0.2, 0.25) is 0 Å². The first kappa shape index (κ1) is 9.87. The second-order valence-corrected chi connectivity index (χ2v) is 3.20. The largest absolute Gasteiger partial charge is 0.355 e. The molecular formula is C9H9BrN2O. The van der Waals surface area contributed by atoms with Crippen LogP contribution in [0.5, 0.6) is 0 Å². The van der Waals surface area contributed by atoms with Gasteiger partial charge in [-0.25, -0.2) is 0 Å². The molecule has 0 radical (unpaired) electrons. The van der Waals surface area contributed by atoms with E-state index >= 15 is 0 Å². The van der Waals surface area contributed by atoms with Crippen molar-refractivity contribution in [3.05, 3.63) is 22.4 Å². The monoisotopic (exact) mass is 240 g/mol. The smallest absolute Gasteiger partial charge is 0.253 e. The summed E-state index contributed by atoms with van der Waals surface area (Å²) in [4.78, 5) is 14.2. The van der Waals surface area contributed by atoms with E-state index in [-0.39, 0.29) is 5.91 Å². The van der Waals surface area contributed by atoms with Gasteiger partial charge in [-0.05, 0) is 28.9 Å². The average Bonchev–Trinajstić information content (AvgIpc) is 2.52. The van der Waals surface area contributed by atoms with Crippen molar-refractivity contribution in [1.82, 2.24) is 10.3 Å². The number of carbonyl (C=O) groups is 1. The zero-order chi connectivity index (χ0) is 9.68. The third-order valence-corrected chi connectivity index (χ3v) is 1.88. The van der Waals surface area contributed by atoms with Crippen molar-refractivity contribution < 1.29 is 4.79 Å². The lowest BCUT2D eigenvalue weighted by Gasteiger charge is -1.96. The van der Waals surface area contributed by atoms with Gasteiger partial charge in [0.1, 0.15) is 0 Å². The number of nitrogens with one attached hydrogen (secondary N) is 2. The first-order valence-corrected chi connectivity index (χ1v) is 4.55. The standard InChI is InChI=1S/C9H9BrN2O/c1-2-3-4-11-9(13)7-5-8(10)12-6-7/h5-6,12H,4H2,1H3,(H,11,13). The molecule has 0 fully saturated rings. The highest BCUT2D eigenvalue weighted by Crippen LogP contribution is 2.08. The molecule has 0 saturated heterocycles. The Morgan fingerprint density at radius 3 is 3.08 bits per heavy atom. The van der Waals surface area contributed by atoms with Crippen molar-refractivity contribution >= 4 is 21.8 Å². The van der Waals surface area contributed by atoms with E-state index in [0.29, 0.717) is 12.1 Å². The van der Waals surface area contributed by atoms with Gasteiger partial charge in [-0.3, -0.25) is 4.79 Å². The number of carbonyl (C=O) groups excluding carboxylic acids is 1. The fraction of sp³-hybridized carbons (Fsp3) is 0.222. The topological polar surface area (TPSA) is 44.9 Å². The summed E-state index contributed by atoms with van der Waals surface area (Å²) in [5, 5.41) is 2.66. The number of amides is 1. The van der Waals surface area contributed by atoms with Crippen LogP contribution in [-0.4, -0.2) is 17.4 Å². The van der Waals surface area contributed by atoms with E-state index in [1.807, 2.05) is 0 Å². The lowest BCUT2D eigenvalue weighted by atomic mass is 10.3. The summed E-state index contributed by atoms with van der Waals surface area (Å²) in [5.41, 5.74) is 0.602. The van der Waals surface area contributed by atoms with E-state index in [9.17, 15) is 4.79 Å². The molecule has 0 aliphatic heterocycles. The van der Waals surface area contributed by atoms with Gasteiger partial charge in [-0.2, -0.15) is 0 Å². The van der Waals surface area contributed by atoms with Gasteiger partial charge in [0.2, 0.25) is 0 Å². The van der Waals surface area contributed by atoms with Crippen LogP contribution in [0.1, 0.15) is 17.3 Å². The quantitative estimate of drug-likeness (QED) is 0.757. The highest BCUT2D eigenvalue weighted by molar-refractivity contribution is 9.10. The Balaban J connectivity index is 2.52. The molecule has 0 atom stereocenters. The minimum absolute atomic E-state index is 0.121. The Hall–Kier alpha value is -1.21. The van der Waals surface area contributed by atoms with Crippen LogP contribution >= 0.6 is 15.9 Å². The van der Waals surface area contributed by atoms with Gasteiger partial charge in [0.15, 0.2) is 0 Å². The molecule has 1 amide bonds. The molecule has 3 nitrogen and oxygen atoms in total. The molecule has 1 aromatic rings. The molecule has 13 heavy (non-hydrogen) atoms. The number of halogens is 1. The average molecular weight is 241 g/mol. The molecule has 0 aliphatic rings. The summed E-state index contributed by atoms with van der Waals surface area (Å²) in [5.74, 6) is 5.33. The number of aromatic nitrogens is 1. The van der Waals surface area contributed by atoms with Crippen molar-refractivity contribution in [2.24, 2.45) is 0 Å². The lowest BCUT2D eigenvalue weighted by molar-refractivity contribution is 0.0959. The first-order valence-electron chi connectivity index (χ1n) is 3.75. The Labute approximate surface area is 85.0 Å². The van der Waals surface area contributed by atoms with Crippen LogP contribution in [0, 0.1) is 11.8 Å². The Morgan fingerprint density at radius 2 is 2.54 bits per heavy atom. The van der Waals surface area contributed by atoms with Gasteiger partial charge in [-0.1, -0.05) is 5.92 Å². The van der Waals surface area contributed by atoms with E-state index in [4.69, 9.17) is 0 Å². The van der Waals surface area contributed by atoms with Gasteiger partial charge in [0, 0.05) is 6.20 Å². The van der Waals surface area contributed by atoms with Gasteiger partial charge in [0.25, 0.3) is 5.91 Å². The van der Waals surface area contributed by atoms with Gasteiger partial charge < -0.3 is 10.3 Å². The maximum atomic E-state index is 11.3. The summed E-state index contributed by atoms with van der Waals surface area (Å²) in [7, 11) is 0. The Kier molecular flexibility index (Phi) is 3.59. The summed E-state index contributed by atoms with van der Waals surface area (Å²) in [6, 6.07) is 1.72. The van der Waals surface area contributed by atoms with Crippen LogP contribution in [0.3, 0.4) is 0 Å². The fourth-order valence-electron chi connectivity index (χ4n) is 0.813. The molecule has 2 N–H and O–H groups in total. The van der Waals surface area contributed by atoms with E-state index in [1.165, 1.54) is 0 Å². The Morgan fingerprint density at radius 1 is 1.77 bits per heavy atom. The van der Waals surface area contributed by atoms with Crippen molar-refractivity contribution in [1.29, 1.82) is 0 Å². The first-order chi connectivity index (χ1) is 6.24. The van der Waals surface area contributed by atoms with Crippen molar-refractivity contribution in [3.8, 4) is 11.8 Å². The molecular weight excluding hydrogens is 232 g/mol. The Bertz CT molecular complexity index is 359. The summed E-state index contributed by atoms with van der Waals surface area (Å²) >= 11 is 3.22. The maximum Gasteiger partial charge on any atom is 0.253 e. The van der Waals surface area contributed by atoms with Crippen LogP contribution in [0.4, 0.5) is 0 Å². The van der Waals surface area contributed by atoms with E-state index in [0.717, 1.165) is 4.60 Å². The third kappa shape index (κ3) is 2.96. The molecule has 0 bridgehead atoms. The molecule has 1 aromatic heterocycles. The molecule has 0 aliphatic carbocycles. The minimum atomic E-state index is -0.121. The third-order valence-electron chi connectivity index (χ3n) is 1.42. The minimum Gasteiger partial charge on any atom is -0.355 e. The van der Waals surface area contributed by atoms with Gasteiger partial charge in [-0.15, -0.1) is 5.92 Å². The van der Waals surface area contributed by atoms with Crippen LogP contribution in [0.25, 0.3) is 0 Å². The second-order valence-electron chi connectivity index (χ2n) is 2.35. The van der Waals surface area contributed by atoms with Gasteiger partial charge in [0.05, 0.1) is 16.7 Å². The number of aromatic amines is 1. The summed E-state index contributed by atoms with van der Waals surface area (Å²) < 4.78 is 0.791. The molecule has 0 saturated carbocycles. The van der Waals surface area contributed by atoms with Crippen LogP contribution in [-0.2, 0) is 0 Å². The fourth-order valence-corrected chi connectivity index (χ4v) is 1.17. The van der Waals surface area contributed by atoms with Crippen molar-refractivity contribution in [2.75, 3.05) is 6.54 Å². The SMILES string of the molecule is CC#CCNC(=O)c1c[nH]c(Br)c1. The number of rotatable bonds is 2. The van der Waals surface area contributed by atoms with E-state index < -0.39 is 0 Å². The van der Waals surface area contributed by atoms with Crippen molar-refractivity contribution in [2.45, 2.75) is 6.92 Å². The zero-order valence-corrected chi connectivity index (χ0v) is 8.73. The normalized spacial score (nSPS) is 8.77. The predicted molar refractivity (Wildman–Crippen MR) is 54.3 cm³/mol. The number of hydrogen-bond acceptors (Lipinski definition) is 1. The lowest BCUT2D eigenvalue weighted by Crippen LogP contribution is -2.22. The number of H-pyrrole nitrogens is 1. The van der Waals surface area contributed by atoms with E-state index in [2.05, 4.69) is 38.1 Å².